The van der Waals surface area contributed by atoms with E-state index in [4.69, 9.17) is 10.2 Å². The minimum absolute atomic E-state index is 0.103. The lowest BCUT2D eigenvalue weighted by Gasteiger charge is -2.10. The monoisotopic (exact) mass is 644 g/mol. The quantitative estimate of drug-likeness (QED) is 0.182. The molecule has 46 heavy (non-hydrogen) atoms. The minimum Gasteiger partial charge on any atom is -0.478 e. The number of hydrogen-bond acceptors (Lipinski definition) is 6. The number of rotatable bonds is 6. The third-order valence-corrected chi connectivity index (χ3v) is 6.18. The number of carbonyl (C=O) groups is 2. The van der Waals surface area contributed by atoms with Gasteiger partial charge in [-0.15, -0.1) is 26.3 Å². The van der Waals surface area contributed by atoms with Crippen LogP contribution in [-0.4, -0.2) is 54.4 Å². The van der Waals surface area contributed by atoms with Crippen molar-refractivity contribution < 1.29 is 55.6 Å². The van der Waals surface area contributed by atoms with Gasteiger partial charge in [-0.05, 0) is 60.7 Å². The summed E-state index contributed by atoms with van der Waals surface area (Å²) < 4.78 is 84.2. The second-order valence-corrected chi connectivity index (χ2v) is 9.38. The van der Waals surface area contributed by atoms with Gasteiger partial charge in [-0.1, -0.05) is 12.1 Å². The van der Waals surface area contributed by atoms with Crippen molar-refractivity contribution in [3.05, 3.63) is 108 Å². The van der Waals surface area contributed by atoms with Crippen LogP contribution < -0.4 is 9.47 Å². The van der Waals surface area contributed by atoms with Gasteiger partial charge < -0.3 is 19.7 Å². The molecule has 0 unspecified atom stereocenters. The van der Waals surface area contributed by atoms with Gasteiger partial charge in [0.2, 0.25) is 0 Å². The fourth-order valence-corrected chi connectivity index (χ4v) is 4.30. The third-order valence-electron chi connectivity index (χ3n) is 6.18. The van der Waals surface area contributed by atoms with Crippen LogP contribution in [0.4, 0.5) is 26.3 Å². The highest BCUT2D eigenvalue weighted by Crippen LogP contribution is 2.27. The first kappa shape index (κ1) is 31.4. The van der Waals surface area contributed by atoms with Crippen LogP contribution in [0.15, 0.2) is 97.3 Å². The molecule has 236 valence electrons. The number of carboxylic acids is 2. The summed E-state index contributed by atoms with van der Waals surface area (Å²) >= 11 is 0. The Hall–Kier alpha value is -6.06. The molecule has 10 nitrogen and oxygen atoms in total. The molecule has 0 saturated heterocycles. The fourth-order valence-electron chi connectivity index (χ4n) is 4.30. The highest BCUT2D eigenvalue weighted by molar-refractivity contribution is 5.94. The van der Waals surface area contributed by atoms with Gasteiger partial charge in [0.05, 0.1) is 39.7 Å². The first-order valence-corrected chi connectivity index (χ1v) is 12.8. The number of fused-ring (bicyclic) bond motifs is 2. The van der Waals surface area contributed by atoms with Gasteiger partial charge in [0.1, 0.15) is 11.5 Å². The molecule has 4 aromatic carbocycles. The predicted octanol–water partition coefficient (Wildman–Crippen LogP) is 7.24. The topological polar surface area (TPSA) is 129 Å². The lowest BCUT2D eigenvalue weighted by atomic mass is 10.1. The summed E-state index contributed by atoms with van der Waals surface area (Å²) in [4.78, 5) is 21.9. The zero-order valence-corrected chi connectivity index (χ0v) is 22.8. The summed E-state index contributed by atoms with van der Waals surface area (Å²) in [5, 5.41) is 27.3. The van der Waals surface area contributed by atoms with E-state index in [1.807, 2.05) is 0 Å². The van der Waals surface area contributed by atoms with E-state index < -0.39 is 24.7 Å². The van der Waals surface area contributed by atoms with Crippen molar-refractivity contribution >= 4 is 33.7 Å². The van der Waals surface area contributed by atoms with Gasteiger partial charge in [0.25, 0.3) is 0 Å². The van der Waals surface area contributed by atoms with Crippen LogP contribution in [0.1, 0.15) is 20.7 Å². The van der Waals surface area contributed by atoms with Crippen LogP contribution in [0.25, 0.3) is 33.2 Å². The normalized spacial score (nSPS) is 11.6. The number of benzene rings is 4. The molecule has 0 fully saturated rings. The first-order chi connectivity index (χ1) is 21.6. The lowest BCUT2D eigenvalue weighted by molar-refractivity contribution is -0.275. The van der Waals surface area contributed by atoms with Crippen LogP contribution in [0, 0.1) is 0 Å². The molecular weight excluding hydrogens is 626 g/mol. The maximum Gasteiger partial charge on any atom is 0.573 e. The number of aromatic carboxylic acids is 2. The van der Waals surface area contributed by atoms with Crippen molar-refractivity contribution in [1.82, 2.24) is 19.6 Å². The Balaban J connectivity index is 0.000000181. The Bertz CT molecular complexity index is 2050. The van der Waals surface area contributed by atoms with Gasteiger partial charge >= 0.3 is 24.7 Å². The fraction of sp³-hybridized carbons (Fsp3) is 0.0667. The number of hydrogen-bond donors (Lipinski definition) is 2. The summed E-state index contributed by atoms with van der Waals surface area (Å²) in [5.41, 5.74) is 2.03. The molecule has 0 spiro atoms. The van der Waals surface area contributed by atoms with Crippen LogP contribution in [0.5, 0.6) is 11.5 Å². The third kappa shape index (κ3) is 7.53. The van der Waals surface area contributed by atoms with Gasteiger partial charge in [-0.25, -0.2) is 19.0 Å². The smallest absolute Gasteiger partial charge is 0.478 e. The second-order valence-electron chi connectivity index (χ2n) is 9.38. The molecule has 0 radical (unpaired) electrons. The Kier molecular flexibility index (Phi) is 8.28. The Morgan fingerprint density at radius 2 is 1.22 bits per heavy atom. The van der Waals surface area contributed by atoms with Gasteiger partial charge in [0.15, 0.2) is 0 Å². The van der Waals surface area contributed by atoms with Gasteiger partial charge in [-0.2, -0.15) is 10.2 Å². The summed E-state index contributed by atoms with van der Waals surface area (Å²) in [7, 11) is 0. The van der Waals surface area contributed by atoms with Crippen LogP contribution in [0.3, 0.4) is 0 Å². The number of halogens is 6. The average Bonchev–Trinajstić information content (AvgIpc) is 3.60. The van der Waals surface area contributed by atoms with E-state index in [0.29, 0.717) is 33.2 Å². The summed E-state index contributed by atoms with van der Waals surface area (Å²) in [6.07, 6.45) is -6.57. The predicted molar refractivity (Wildman–Crippen MR) is 149 cm³/mol. The summed E-state index contributed by atoms with van der Waals surface area (Å²) in [6.45, 7) is 0. The van der Waals surface area contributed by atoms with Crippen molar-refractivity contribution in [2.45, 2.75) is 12.7 Å². The molecule has 2 aromatic heterocycles. The molecule has 2 N–H and O–H groups in total. The molecule has 2 heterocycles. The molecule has 0 amide bonds. The molecular formula is C30H18F6N4O6. The van der Waals surface area contributed by atoms with E-state index in [-0.39, 0.29) is 22.6 Å². The van der Waals surface area contributed by atoms with E-state index in [1.54, 1.807) is 18.2 Å². The zero-order chi connectivity index (χ0) is 33.2. The molecule has 0 saturated carbocycles. The van der Waals surface area contributed by atoms with Gasteiger partial charge in [-0.3, -0.25) is 0 Å². The number of nitrogens with zero attached hydrogens (tertiary/aromatic N) is 4. The lowest BCUT2D eigenvalue weighted by Crippen LogP contribution is -2.17. The van der Waals surface area contributed by atoms with Gasteiger partial charge in [0, 0.05) is 29.1 Å². The van der Waals surface area contributed by atoms with Crippen molar-refractivity contribution in [1.29, 1.82) is 0 Å². The SMILES string of the molecule is O=C(O)c1ccc2c(cnn2-c2cccc(OC(F)(F)F)c2)c1.O=C(O)c1ccc2nn(-c3cccc(OC(F)(F)F)c3)cc2c1. The van der Waals surface area contributed by atoms with E-state index in [0.717, 1.165) is 0 Å². The second kappa shape index (κ2) is 12.1. The van der Waals surface area contributed by atoms with E-state index in [9.17, 15) is 35.9 Å². The Morgan fingerprint density at radius 3 is 1.80 bits per heavy atom. The minimum atomic E-state index is -4.78. The maximum atomic E-state index is 12.3. The van der Waals surface area contributed by atoms with Crippen LogP contribution in [-0.2, 0) is 0 Å². The molecule has 6 aromatic rings. The van der Waals surface area contributed by atoms with Crippen molar-refractivity contribution in [3.8, 4) is 22.9 Å². The molecule has 6 rings (SSSR count). The Morgan fingerprint density at radius 1 is 0.674 bits per heavy atom. The van der Waals surface area contributed by atoms with E-state index in [1.165, 1.54) is 88.5 Å². The molecule has 0 atom stereocenters. The Labute approximate surface area is 253 Å². The molecule has 16 heteroatoms. The highest BCUT2D eigenvalue weighted by atomic mass is 19.4. The molecule has 0 aliphatic carbocycles. The largest absolute Gasteiger partial charge is 0.573 e. The standard InChI is InChI=1S/2C15H9F3N2O3/c16-15(17,18)23-12-3-1-2-11(7-12)20-8-10-6-9(14(21)22)4-5-13(10)19-20;16-15(17,18)23-12-3-1-2-11(7-12)20-13-5-4-9(14(21)22)6-10(13)8-19-20/h2*1-8H,(H,21,22). The van der Waals surface area contributed by atoms with E-state index in [2.05, 4.69) is 19.7 Å². The maximum absolute atomic E-state index is 12.3. The molecule has 0 bridgehead atoms. The number of ether oxygens (including phenoxy) is 2. The molecule has 0 aliphatic rings. The van der Waals surface area contributed by atoms with Crippen molar-refractivity contribution in [3.63, 3.8) is 0 Å². The van der Waals surface area contributed by atoms with Crippen LogP contribution in [0.2, 0.25) is 0 Å². The zero-order valence-electron chi connectivity index (χ0n) is 22.8. The van der Waals surface area contributed by atoms with Crippen molar-refractivity contribution in [2.24, 2.45) is 0 Å². The number of aromatic nitrogens is 4. The van der Waals surface area contributed by atoms with Crippen molar-refractivity contribution in [2.75, 3.05) is 0 Å². The first-order valence-electron chi connectivity index (χ1n) is 12.8. The number of alkyl halides is 6. The van der Waals surface area contributed by atoms with E-state index >= 15 is 0 Å². The average molecular weight is 644 g/mol. The summed E-state index contributed by atoms with van der Waals surface area (Å²) in [6, 6.07) is 19.5. The molecule has 0 aliphatic heterocycles. The number of carboxylic acid groups (broad SMARTS) is 2. The summed E-state index contributed by atoms with van der Waals surface area (Å²) in [5.74, 6) is -2.86. The van der Waals surface area contributed by atoms with Crippen LogP contribution >= 0.6 is 0 Å². The highest BCUT2D eigenvalue weighted by Gasteiger charge is 2.32.